The summed E-state index contributed by atoms with van der Waals surface area (Å²) < 4.78 is 5.31. The van der Waals surface area contributed by atoms with Crippen LogP contribution in [-0.4, -0.2) is 48.3 Å². The molecule has 2 amide bonds. The smallest absolute Gasteiger partial charge is 0.337 e. The number of nitrogens with one attached hydrogen (secondary N) is 1. The quantitative estimate of drug-likeness (QED) is 0.876. The fraction of sp³-hybridized carbons (Fsp3) is 0.467. The molecule has 0 aromatic heterocycles. The van der Waals surface area contributed by atoms with Gasteiger partial charge in [-0.1, -0.05) is 6.07 Å². The number of anilines is 1. The van der Waals surface area contributed by atoms with Crippen molar-refractivity contribution < 1.29 is 19.4 Å². The van der Waals surface area contributed by atoms with E-state index in [1.54, 1.807) is 17.9 Å². The van der Waals surface area contributed by atoms with Crippen LogP contribution in [0.3, 0.4) is 0 Å². The largest absolute Gasteiger partial charge is 0.478 e. The van der Waals surface area contributed by atoms with E-state index in [1.807, 2.05) is 13.0 Å². The van der Waals surface area contributed by atoms with Crippen LogP contribution in [0.25, 0.3) is 0 Å². The highest BCUT2D eigenvalue weighted by Crippen LogP contribution is 2.23. The standard InChI is InChI=1S/C15H20N2O4/c1-10-8-11(2)13(12(9-10)14(18)19)16-15(20)17-4-3-6-21-7-5-17/h8-9H,3-7H2,1-2H3,(H,16,20)(H,18,19). The third-order valence-electron chi connectivity index (χ3n) is 3.45. The van der Waals surface area contributed by atoms with Crippen LogP contribution < -0.4 is 5.32 Å². The van der Waals surface area contributed by atoms with E-state index < -0.39 is 5.97 Å². The number of aromatic carboxylic acids is 1. The van der Waals surface area contributed by atoms with Crippen LogP contribution in [0, 0.1) is 13.8 Å². The van der Waals surface area contributed by atoms with Crippen molar-refractivity contribution >= 4 is 17.7 Å². The van der Waals surface area contributed by atoms with Crippen molar-refractivity contribution in [2.45, 2.75) is 20.3 Å². The number of hydrogen-bond acceptors (Lipinski definition) is 3. The van der Waals surface area contributed by atoms with Crippen molar-refractivity contribution in [2.75, 3.05) is 31.6 Å². The first-order valence-electron chi connectivity index (χ1n) is 6.97. The Balaban J connectivity index is 2.22. The highest BCUT2D eigenvalue weighted by atomic mass is 16.5. The van der Waals surface area contributed by atoms with Crippen molar-refractivity contribution in [3.63, 3.8) is 0 Å². The molecule has 1 heterocycles. The van der Waals surface area contributed by atoms with Gasteiger partial charge in [0.15, 0.2) is 0 Å². The van der Waals surface area contributed by atoms with Crippen LogP contribution >= 0.6 is 0 Å². The van der Waals surface area contributed by atoms with Gasteiger partial charge < -0.3 is 20.1 Å². The number of ether oxygens (including phenoxy) is 1. The zero-order valence-electron chi connectivity index (χ0n) is 12.3. The molecule has 6 heteroatoms. The van der Waals surface area contributed by atoms with Crippen molar-refractivity contribution in [1.29, 1.82) is 0 Å². The van der Waals surface area contributed by atoms with Gasteiger partial charge in [0.05, 0.1) is 17.9 Å². The molecule has 0 spiro atoms. The van der Waals surface area contributed by atoms with Crippen LogP contribution in [-0.2, 0) is 4.74 Å². The van der Waals surface area contributed by atoms with Gasteiger partial charge in [-0.3, -0.25) is 0 Å². The van der Waals surface area contributed by atoms with Gasteiger partial charge in [-0.15, -0.1) is 0 Å². The molecule has 1 aromatic rings. The van der Waals surface area contributed by atoms with Gasteiger partial charge in [-0.2, -0.15) is 0 Å². The molecule has 1 fully saturated rings. The number of benzene rings is 1. The van der Waals surface area contributed by atoms with Crippen LogP contribution in [0.4, 0.5) is 10.5 Å². The Morgan fingerprint density at radius 1 is 1.24 bits per heavy atom. The van der Waals surface area contributed by atoms with Gasteiger partial charge in [0.25, 0.3) is 0 Å². The summed E-state index contributed by atoms with van der Waals surface area (Å²) in [7, 11) is 0. The second-order valence-electron chi connectivity index (χ2n) is 5.19. The van der Waals surface area contributed by atoms with E-state index in [4.69, 9.17) is 4.74 Å². The molecule has 114 valence electrons. The average molecular weight is 292 g/mol. The maximum Gasteiger partial charge on any atom is 0.337 e. The minimum absolute atomic E-state index is 0.118. The maximum atomic E-state index is 12.3. The average Bonchev–Trinajstić information content (AvgIpc) is 2.70. The monoisotopic (exact) mass is 292 g/mol. The fourth-order valence-electron chi connectivity index (χ4n) is 2.44. The number of carbonyl (C=O) groups is 2. The van der Waals surface area contributed by atoms with Crippen LogP contribution in [0.5, 0.6) is 0 Å². The number of carbonyl (C=O) groups excluding carboxylic acids is 1. The molecule has 0 unspecified atom stereocenters. The minimum atomic E-state index is -1.05. The number of rotatable bonds is 2. The summed E-state index contributed by atoms with van der Waals surface area (Å²) >= 11 is 0. The van der Waals surface area contributed by atoms with E-state index in [0.717, 1.165) is 17.5 Å². The summed E-state index contributed by atoms with van der Waals surface area (Å²) in [6, 6.07) is 3.14. The summed E-state index contributed by atoms with van der Waals surface area (Å²) in [6.45, 7) is 5.90. The van der Waals surface area contributed by atoms with Gasteiger partial charge in [0, 0.05) is 19.7 Å². The molecule has 0 saturated carbocycles. The number of hydrogen-bond donors (Lipinski definition) is 2. The number of carboxylic acid groups (broad SMARTS) is 1. The Morgan fingerprint density at radius 2 is 2.00 bits per heavy atom. The molecule has 2 N–H and O–H groups in total. The molecule has 21 heavy (non-hydrogen) atoms. The molecule has 0 radical (unpaired) electrons. The second kappa shape index (κ2) is 6.58. The minimum Gasteiger partial charge on any atom is -0.478 e. The van der Waals surface area contributed by atoms with Crippen molar-refractivity contribution in [1.82, 2.24) is 4.90 Å². The summed E-state index contributed by atoms with van der Waals surface area (Å²) in [5.74, 6) is -1.05. The van der Waals surface area contributed by atoms with Gasteiger partial charge >= 0.3 is 12.0 Å². The molecule has 0 atom stereocenters. The summed E-state index contributed by atoms with van der Waals surface area (Å²) in [6.07, 6.45) is 0.784. The van der Waals surface area contributed by atoms with E-state index >= 15 is 0 Å². The zero-order chi connectivity index (χ0) is 15.4. The molecular weight excluding hydrogens is 272 g/mol. The molecule has 1 saturated heterocycles. The van der Waals surface area contributed by atoms with E-state index in [9.17, 15) is 14.7 Å². The summed E-state index contributed by atoms with van der Waals surface area (Å²) in [5.41, 5.74) is 2.08. The Bertz CT molecular complexity index is 549. The lowest BCUT2D eigenvalue weighted by molar-refractivity contribution is 0.0698. The van der Waals surface area contributed by atoms with Crippen LogP contribution in [0.2, 0.25) is 0 Å². The molecule has 0 aliphatic carbocycles. The third kappa shape index (κ3) is 3.72. The Hall–Kier alpha value is -2.08. The van der Waals surface area contributed by atoms with E-state index in [1.165, 1.54) is 0 Å². The van der Waals surface area contributed by atoms with Crippen molar-refractivity contribution in [3.05, 3.63) is 28.8 Å². The van der Waals surface area contributed by atoms with Gasteiger partial charge in [0.2, 0.25) is 0 Å². The lowest BCUT2D eigenvalue weighted by Gasteiger charge is -2.22. The fourth-order valence-corrected chi connectivity index (χ4v) is 2.44. The molecular formula is C15H20N2O4. The van der Waals surface area contributed by atoms with E-state index in [-0.39, 0.29) is 11.6 Å². The Morgan fingerprint density at radius 3 is 2.71 bits per heavy atom. The predicted octanol–water partition coefficient (Wildman–Crippen LogP) is 2.26. The molecule has 1 aliphatic rings. The van der Waals surface area contributed by atoms with Crippen molar-refractivity contribution in [3.8, 4) is 0 Å². The van der Waals surface area contributed by atoms with E-state index in [2.05, 4.69) is 5.32 Å². The number of nitrogens with zero attached hydrogens (tertiary/aromatic N) is 1. The zero-order valence-corrected chi connectivity index (χ0v) is 12.3. The maximum absolute atomic E-state index is 12.3. The second-order valence-corrected chi connectivity index (χ2v) is 5.19. The van der Waals surface area contributed by atoms with Crippen LogP contribution in [0.15, 0.2) is 12.1 Å². The van der Waals surface area contributed by atoms with E-state index in [0.29, 0.717) is 32.0 Å². The third-order valence-corrected chi connectivity index (χ3v) is 3.45. The number of urea groups is 1. The lowest BCUT2D eigenvalue weighted by atomic mass is 10.0. The SMILES string of the molecule is Cc1cc(C)c(NC(=O)N2CCCOCC2)c(C(=O)O)c1. The lowest BCUT2D eigenvalue weighted by Crippen LogP contribution is -2.37. The predicted molar refractivity (Wildman–Crippen MR) is 78.9 cm³/mol. The molecule has 1 aliphatic heterocycles. The van der Waals surface area contributed by atoms with Crippen LogP contribution in [0.1, 0.15) is 27.9 Å². The summed E-state index contributed by atoms with van der Waals surface area (Å²) in [5, 5.41) is 12.0. The number of carboxylic acids is 1. The van der Waals surface area contributed by atoms with Gasteiger partial charge in [0.1, 0.15) is 0 Å². The molecule has 1 aromatic carbocycles. The first-order valence-corrected chi connectivity index (χ1v) is 6.97. The number of amides is 2. The highest BCUT2D eigenvalue weighted by Gasteiger charge is 2.20. The van der Waals surface area contributed by atoms with Gasteiger partial charge in [-0.05, 0) is 37.5 Å². The molecule has 0 bridgehead atoms. The molecule has 6 nitrogen and oxygen atoms in total. The molecule has 2 rings (SSSR count). The van der Waals surface area contributed by atoms with Crippen molar-refractivity contribution in [2.24, 2.45) is 0 Å². The Kier molecular flexibility index (Phi) is 4.80. The summed E-state index contributed by atoms with van der Waals surface area (Å²) in [4.78, 5) is 25.3. The first kappa shape index (κ1) is 15.3. The van der Waals surface area contributed by atoms with Gasteiger partial charge in [-0.25, -0.2) is 9.59 Å². The topological polar surface area (TPSA) is 78.9 Å². The number of aryl methyl sites for hydroxylation is 2. The normalized spacial score (nSPS) is 15.4. The highest BCUT2D eigenvalue weighted by molar-refractivity contribution is 6.01. The first-order chi connectivity index (χ1) is 9.99. The Labute approximate surface area is 123 Å².